The Balaban J connectivity index is 2.14. The van der Waals surface area contributed by atoms with Gasteiger partial charge in [-0.1, -0.05) is 28.9 Å². The Morgan fingerprint density at radius 2 is 2.00 bits per heavy atom. The van der Waals surface area contributed by atoms with Crippen molar-refractivity contribution in [1.82, 2.24) is 4.98 Å². The summed E-state index contributed by atoms with van der Waals surface area (Å²) in [6, 6.07) is 10.4. The number of pyridine rings is 1. The highest BCUT2D eigenvalue weighted by atomic mass is 79.9. The third-order valence-corrected chi connectivity index (χ3v) is 2.99. The summed E-state index contributed by atoms with van der Waals surface area (Å²) in [5, 5.41) is 6.16. The molecule has 2 rings (SSSR count). The van der Waals surface area contributed by atoms with Gasteiger partial charge in [0.2, 0.25) is 0 Å². The molecule has 19 heavy (non-hydrogen) atoms. The molecule has 0 radical (unpaired) electrons. The van der Waals surface area contributed by atoms with Gasteiger partial charge in [-0.25, -0.2) is 9.37 Å². The van der Waals surface area contributed by atoms with Crippen LogP contribution in [0.4, 0.5) is 21.7 Å². The molecule has 0 aliphatic carbocycles. The van der Waals surface area contributed by atoms with Crippen LogP contribution in [0.1, 0.15) is 13.3 Å². The van der Waals surface area contributed by atoms with E-state index in [4.69, 9.17) is 0 Å². The maximum Gasteiger partial charge on any atom is 0.147 e. The predicted molar refractivity (Wildman–Crippen MR) is 80.4 cm³/mol. The molecule has 2 N–H and O–H groups in total. The van der Waals surface area contributed by atoms with Gasteiger partial charge in [0, 0.05) is 11.0 Å². The maximum atomic E-state index is 13.7. The number of benzene rings is 1. The largest absolute Gasteiger partial charge is 0.370 e. The third kappa shape index (κ3) is 3.92. The average molecular weight is 324 g/mol. The Labute approximate surface area is 120 Å². The van der Waals surface area contributed by atoms with Gasteiger partial charge < -0.3 is 10.6 Å². The van der Waals surface area contributed by atoms with Crippen molar-refractivity contribution in [3.63, 3.8) is 0 Å². The molecule has 0 bridgehead atoms. The zero-order valence-electron chi connectivity index (χ0n) is 10.6. The molecule has 0 aliphatic heterocycles. The first-order valence-electron chi connectivity index (χ1n) is 6.12. The lowest BCUT2D eigenvalue weighted by Crippen LogP contribution is -2.03. The van der Waals surface area contributed by atoms with Crippen molar-refractivity contribution < 1.29 is 4.39 Å². The van der Waals surface area contributed by atoms with Gasteiger partial charge in [0.25, 0.3) is 0 Å². The molecule has 1 aromatic heterocycles. The Bertz CT molecular complexity index is 560. The summed E-state index contributed by atoms with van der Waals surface area (Å²) in [6.45, 7) is 2.95. The smallest absolute Gasteiger partial charge is 0.147 e. The number of anilines is 3. The summed E-state index contributed by atoms with van der Waals surface area (Å²) in [5.74, 6) is 1.08. The highest BCUT2D eigenvalue weighted by molar-refractivity contribution is 9.10. The van der Waals surface area contributed by atoms with Crippen molar-refractivity contribution in [3.8, 4) is 0 Å². The van der Waals surface area contributed by atoms with Gasteiger partial charge >= 0.3 is 0 Å². The van der Waals surface area contributed by atoms with Gasteiger partial charge in [-0.15, -0.1) is 0 Å². The molecule has 100 valence electrons. The molecule has 3 nitrogen and oxygen atoms in total. The van der Waals surface area contributed by atoms with Crippen LogP contribution in [0.3, 0.4) is 0 Å². The van der Waals surface area contributed by atoms with Crippen LogP contribution < -0.4 is 10.6 Å². The van der Waals surface area contributed by atoms with Gasteiger partial charge in [0.05, 0.1) is 5.69 Å². The van der Waals surface area contributed by atoms with E-state index in [9.17, 15) is 4.39 Å². The molecule has 0 unspecified atom stereocenters. The zero-order chi connectivity index (χ0) is 13.7. The van der Waals surface area contributed by atoms with Crippen LogP contribution in [0.15, 0.2) is 40.9 Å². The summed E-state index contributed by atoms with van der Waals surface area (Å²) in [7, 11) is 0. The van der Waals surface area contributed by atoms with Crippen LogP contribution in [0.2, 0.25) is 0 Å². The minimum Gasteiger partial charge on any atom is -0.370 e. The number of aromatic nitrogens is 1. The first-order chi connectivity index (χ1) is 9.19. The first-order valence-corrected chi connectivity index (χ1v) is 6.91. The minimum atomic E-state index is -0.317. The van der Waals surface area contributed by atoms with E-state index >= 15 is 0 Å². The second kappa shape index (κ2) is 6.52. The molecule has 5 heteroatoms. The van der Waals surface area contributed by atoms with Crippen LogP contribution in [-0.2, 0) is 0 Å². The first kappa shape index (κ1) is 13.8. The second-order valence-corrected chi connectivity index (χ2v) is 5.00. The molecule has 0 amide bonds. The third-order valence-electron chi connectivity index (χ3n) is 2.50. The maximum absolute atomic E-state index is 13.7. The molecule has 0 saturated heterocycles. The average Bonchev–Trinajstić information content (AvgIpc) is 2.40. The zero-order valence-corrected chi connectivity index (χ0v) is 12.2. The van der Waals surface area contributed by atoms with Crippen LogP contribution in [0, 0.1) is 5.82 Å². The molecule has 0 aliphatic rings. The number of nitrogens with one attached hydrogen (secondary N) is 2. The predicted octanol–water partition coefficient (Wildman–Crippen LogP) is 4.55. The van der Waals surface area contributed by atoms with Crippen molar-refractivity contribution in [1.29, 1.82) is 0 Å². The number of halogens is 2. The molecular weight excluding hydrogens is 309 g/mol. The summed E-state index contributed by atoms with van der Waals surface area (Å²) in [4.78, 5) is 4.37. The van der Waals surface area contributed by atoms with Gasteiger partial charge in [-0.05, 0) is 36.8 Å². The monoisotopic (exact) mass is 323 g/mol. The minimum absolute atomic E-state index is 0.317. The van der Waals surface area contributed by atoms with E-state index in [0.29, 0.717) is 16.0 Å². The van der Waals surface area contributed by atoms with E-state index in [0.717, 1.165) is 18.8 Å². The molecule has 0 fully saturated rings. The van der Waals surface area contributed by atoms with Crippen molar-refractivity contribution >= 4 is 33.3 Å². The fourth-order valence-electron chi connectivity index (χ4n) is 1.58. The van der Waals surface area contributed by atoms with E-state index in [1.165, 1.54) is 6.07 Å². The van der Waals surface area contributed by atoms with Crippen LogP contribution in [0.5, 0.6) is 0 Å². The Hall–Kier alpha value is -1.62. The molecule has 1 aromatic carbocycles. The number of hydrogen-bond donors (Lipinski definition) is 2. The van der Waals surface area contributed by atoms with Crippen molar-refractivity contribution in [3.05, 3.63) is 46.7 Å². The SMILES string of the molecule is CCCNc1cccc(Nc2ccc(Br)cc2F)n1. The van der Waals surface area contributed by atoms with E-state index in [1.807, 2.05) is 12.1 Å². The molecule has 0 atom stereocenters. The van der Waals surface area contributed by atoms with Crippen LogP contribution in [-0.4, -0.2) is 11.5 Å². The van der Waals surface area contributed by atoms with Crippen LogP contribution in [0.25, 0.3) is 0 Å². The Kier molecular flexibility index (Phi) is 4.74. The summed E-state index contributed by atoms with van der Waals surface area (Å²) in [5.41, 5.74) is 0.406. The number of rotatable bonds is 5. The van der Waals surface area contributed by atoms with Gasteiger partial charge in [-0.2, -0.15) is 0 Å². The van der Waals surface area contributed by atoms with E-state index < -0.39 is 0 Å². The summed E-state index contributed by atoms with van der Waals surface area (Å²) >= 11 is 3.23. The quantitative estimate of drug-likeness (QED) is 0.847. The van der Waals surface area contributed by atoms with Gasteiger partial charge in [0.15, 0.2) is 0 Å². The lowest BCUT2D eigenvalue weighted by molar-refractivity contribution is 0.631. The summed E-state index contributed by atoms with van der Waals surface area (Å²) < 4.78 is 14.4. The molecular formula is C14H15BrFN3. The number of hydrogen-bond acceptors (Lipinski definition) is 3. The highest BCUT2D eigenvalue weighted by Crippen LogP contribution is 2.22. The van der Waals surface area contributed by atoms with Gasteiger partial charge in [0.1, 0.15) is 17.5 Å². The number of nitrogens with zero attached hydrogens (tertiary/aromatic N) is 1. The summed E-state index contributed by atoms with van der Waals surface area (Å²) in [6.07, 6.45) is 1.03. The highest BCUT2D eigenvalue weighted by Gasteiger charge is 2.04. The topological polar surface area (TPSA) is 37.0 Å². The fraction of sp³-hybridized carbons (Fsp3) is 0.214. The lowest BCUT2D eigenvalue weighted by atomic mass is 10.3. The molecule has 0 spiro atoms. The van der Waals surface area contributed by atoms with Crippen molar-refractivity contribution in [2.45, 2.75) is 13.3 Å². The fourth-order valence-corrected chi connectivity index (χ4v) is 1.92. The molecule has 2 aromatic rings. The second-order valence-electron chi connectivity index (χ2n) is 4.08. The molecule has 0 saturated carbocycles. The van der Waals surface area contributed by atoms with E-state index in [1.54, 1.807) is 18.2 Å². The van der Waals surface area contributed by atoms with E-state index in [2.05, 4.69) is 38.5 Å². The van der Waals surface area contributed by atoms with Crippen LogP contribution >= 0.6 is 15.9 Å². The van der Waals surface area contributed by atoms with Gasteiger partial charge in [-0.3, -0.25) is 0 Å². The van der Waals surface area contributed by atoms with E-state index in [-0.39, 0.29) is 5.82 Å². The normalized spacial score (nSPS) is 10.3. The van der Waals surface area contributed by atoms with Crippen molar-refractivity contribution in [2.75, 3.05) is 17.2 Å². The standard InChI is InChI=1S/C14H15BrFN3/c1-2-8-17-13-4-3-5-14(19-13)18-12-7-6-10(15)9-11(12)16/h3-7,9H,2,8H2,1H3,(H2,17,18,19). The lowest BCUT2D eigenvalue weighted by Gasteiger charge is -2.09. The Morgan fingerprint density at radius 1 is 1.21 bits per heavy atom. The molecule has 1 heterocycles. The van der Waals surface area contributed by atoms with Crippen molar-refractivity contribution in [2.24, 2.45) is 0 Å². The Morgan fingerprint density at radius 3 is 2.74 bits per heavy atom.